The SMILES string of the molecule is COc1ccnc(CN2CCOc3c(cc(CN(C)/C=C\N(C)C=N)cc3-c3ccc(F)cc3C)C2=O)c1. The van der Waals surface area contributed by atoms with Gasteiger partial charge in [-0.2, -0.15) is 0 Å². The van der Waals surface area contributed by atoms with E-state index < -0.39 is 0 Å². The number of carbonyl (C=O) groups is 1. The summed E-state index contributed by atoms with van der Waals surface area (Å²) in [6.45, 7) is 3.37. The minimum absolute atomic E-state index is 0.160. The minimum atomic E-state index is -0.317. The zero-order valence-electron chi connectivity index (χ0n) is 22.1. The standard InChI is InChI=1S/C29H32FN5O3/c1-20-13-22(30)5-6-25(20)26-14-21(17-33(2)9-10-34(3)19-31)15-27-28(26)38-12-11-35(29(27)36)18-23-16-24(37-4)7-8-32-23/h5-10,13-16,19,31H,11-12,17-18H2,1-4H3/b10-9-,31-19?. The van der Waals surface area contributed by atoms with E-state index in [0.717, 1.165) is 22.3 Å². The molecule has 1 N–H and O–H groups in total. The third-order valence-electron chi connectivity index (χ3n) is 6.32. The van der Waals surface area contributed by atoms with E-state index >= 15 is 0 Å². The van der Waals surface area contributed by atoms with E-state index in [9.17, 15) is 9.18 Å². The van der Waals surface area contributed by atoms with Crippen molar-refractivity contribution in [1.82, 2.24) is 19.7 Å². The molecule has 0 saturated carbocycles. The summed E-state index contributed by atoms with van der Waals surface area (Å²) in [6, 6.07) is 12.1. The molecule has 8 nitrogen and oxygen atoms in total. The molecule has 3 aromatic rings. The molecule has 198 valence electrons. The number of fused-ring (bicyclic) bond motifs is 1. The van der Waals surface area contributed by atoms with E-state index in [4.69, 9.17) is 14.9 Å². The van der Waals surface area contributed by atoms with E-state index in [1.807, 2.05) is 43.3 Å². The average molecular weight is 518 g/mol. The van der Waals surface area contributed by atoms with Crippen LogP contribution in [-0.2, 0) is 13.1 Å². The molecule has 0 radical (unpaired) electrons. The second-order valence-corrected chi connectivity index (χ2v) is 9.25. The number of nitrogens with zero attached hydrogens (tertiary/aromatic N) is 4. The summed E-state index contributed by atoms with van der Waals surface area (Å²) in [5.41, 5.74) is 4.37. The van der Waals surface area contributed by atoms with Gasteiger partial charge in [-0.05, 0) is 53.9 Å². The summed E-state index contributed by atoms with van der Waals surface area (Å²) in [5.74, 6) is 0.695. The number of nitrogens with one attached hydrogen (secondary N) is 1. The highest BCUT2D eigenvalue weighted by Crippen LogP contribution is 2.39. The third-order valence-corrected chi connectivity index (χ3v) is 6.32. The van der Waals surface area contributed by atoms with Crippen molar-refractivity contribution in [3.8, 4) is 22.6 Å². The number of aryl methyl sites for hydroxylation is 1. The number of aromatic nitrogens is 1. The molecule has 0 unspecified atom stereocenters. The Morgan fingerprint density at radius 3 is 2.66 bits per heavy atom. The first kappa shape index (κ1) is 26.7. The Balaban J connectivity index is 1.75. The maximum atomic E-state index is 13.9. The van der Waals surface area contributed by atoms with Crippen LogP contribution in [0.1, 0.15) is 27.2 Å². The lowest BCUT2D eigenvalue weighted by molar-refractivity contribution is 0.0740. The molecule has 1 aliphatic rings. The van der Waals surface area contributed by atoms with Gasteiger partial charge in [0, 0.05) is 50.9 Å². The molecule has 9 heteroatoms. The van der Waals surface area contributed by atoms with Crippen LogP contribution in [0.25, 0.3) is 11.1 Å². The van der Waals surface area contributed by atoms with E-state index in [1.54, 1.807) is 48.5 Å². The fraction of sp³-hybridized carbons (Fsp3) is 0.276. The van der Waals surface area contributed by atoms with Gasteiger partial charge in [0.2, 0.25) is 0 Å². The van der Waals surface area contributed by atoms with Crippen molar-refractivity contribution in [1.29, 1.82) is 5.41 Å². The maximum Gasteiger partial charge on any atom is 0.258 e. The van der Waals surface area contributed by atoms with Crippen LogP contribution in [0.15, 0.2) is 61.1 Å². The smallest absolute Gasteiger partial charge is 0.258 e. The molecule has 0 fully saturated rings. The van der Waals surface area contributed by atoms with Crippen molar-refractivity contribution < 1.29 is 18.7 Å². The number of rotatable bonds is 9. The molecule has 1 aromatic heterocycles. The summed E-state index contributed by atoms with van der Waals surface area (Å²) in [6.07, 6.45) is 6.51. The Morgan fingerprint density at radius 2 is 1.92 bits per heavy atom. The van der Waals surface area contributed by atoms with Gasteiger partial charge in [0.15, 0.2) is 0 Å². The highest BCUT2D eigenvalue weighted by Gasteiger charge is 2.28. The zero-order valence-corrected chi connectivity index (χ0v) is 22.1. The number of halogens is 1. The number of methoxy groups -OCH3 is 1. The Morgan fingerprint density at radius 1 is 1.13 bits per heavy atom. The first-order valence-corrected chi connectivity index (χ1v) is 12.2. The van der Waals surface area contributed by atoms with Gasteiger partial charge < -0.3 is 24.2 Å². The van der Waals surface area contributed by atoms with Crippen LogP contribution in [0.4, 0.5) is 4.39 Å². The summed E-state index contributed by atoms with van der Waals surface area (Å²) >= 11 is 0. The topological polar surface area (TPSA) is 82.0 Å². The predicted octanol–water partition coefficient (Wildman–Crippen LogP) is 4.68. The zero-order chi connectivity index (χ0) is 27.2. The van der Waals surface area contributed by atoms with Crippen molar-refractivity contribution >= 4 is 12.2 Å². The summed E-state index contributed by atoms with van der Waals surface area (Å²) in [7, 11) is 5.29. The maximum absolute atomic E-state index is 13.9. The van der Waals surface area contributed by atoms with Crippen molar-refractivity contribution in [3.05, 3.63) is 89.3 Å². The highest BCUT2D eigenvalue weighted by molar-refractivity contribution is 6.00. The van der Waals surface area contributed by atoms with Crippen LogP contribution < -0.4 is 9.47 Å². The van der Waals surface area contributed by atoms with Crippen molar-refractivity contribution in [3.63, 3.8) is 0 Å². The third kappa shape index (κ3) is 6.11. The van der Waals surface area contributed by atoms with Gasteiger partial charge >= 0.3 is 0 Å². The molecule has 4 rings (SSSR count). The first-order chi connectivity index (χ1) is 18.3. The average Bonchev–Trinajstić information content (AvgIpc) is 3.06. The quantitative estimate of drug-likeness (QED) is 0.328. The Kier molecular flexibility index (Phi) is 8.25. The van der Waals surface area contributed by atoms with Crippen LogP contribution in [0.2, 0.25) is 0 Å². The molecule has 0 spiro atoms. The minimum Gasteiger partial charge on any atom is -0.497 e. The summed E-state index contributed by atoms with van der Waals surface area (Å²) in [4.78, 5) is 23.6. The van der Waals surface area contributed by atoms with E-state index in [0.29, 0.717) is 49.0 Å². The fourth-order valence-electron chi connectivity index (χ4n) is 4.37. The molecule has 2 heterocycles. The lowest BCUT2D eigenvalue weighted by atomic mass is 9.94. The predicted molar refractivity (Wildman–Crippen MR) is 145 cm³/mol. The van der Waals surface area contributed by atoms with Crippen LogP contribution in [-0.4, -0.2) is 66.3 Å². The van der Waals surface area contributed by atoms with Crippen molar-refractivity contribution in [2.24, 2.45) is 0 Å². The van der Waals surface area contributed by atoms with Crippen LogP contribution in [0.3, 0.4) is 0 Å². The molecule has 0 atom stereocenters. The molecule has 0 bridgehead atoms. The van der Waals surface area contributed by atoms with Crippen LogP contribution in [0, 0.1) is 18.2 Å². The number of carbonyl (C=O) groups excluding carboxylic acids is 1. The lowest BCUT2D eigenvalue weighted by Crippen LogP contribution is -2.32. The lowest BCUT2D eigenvalue weighted by Gasteiger charge is -2.21. The van der Waals surface area contributed by atoms with Crippen LogP contribution >= 0.6 is 0 Å². The molecule has 0 saturated heterocycles. The number of hydrogen-bond donors (Lipinski definition) is 1. The van der Waals surface area contributed by atoms with Crippen molar-refractivity contribution in [2.45, 2.75) is 20.0 Å². The van der Waals surface area contributed by atoms with Gasteiger partial charge in [-0.25, -0.2) is 4.39 Å². The monoisotopic (exact) mass is 517 g/mol. The Bertz CT molecular complexity index is 1360. The second kappa shape index (κ2) is 11.8. The molecule has 1 aliphatic heterocycles. The second-order valence-electron chi connectivity index (χ2n) is 9.25. The van der Waals surface area contributed by atoms with Crippen molar-refractivity contribution in [2.75, 3.05) is 34.4 Å². The van der Waals surface area contributed by atoms with E-state index in [1.165, 1.54) is 18.5 Å². The molecular weight excluding hydrogens is 485 g/mol. The van der Waals surface area contributed by atoms with Gasteiger partial charge in [0.25, 0.3) is 5.91 Å². The first-order valence-electron chi connectivity index (χ1n) is 12.2. The fourth-order valence-corrected chi connectivity index (χ4v) is 4.37. The normalized spacial score (nSPS) is 13.1. The Hall–Kier alpha value is -4.40. The largest absolute Gasteiger partial charge is 0.497 e. The van der Waals surface area contributed by atoms with Gasteiger partial charge in [-0.15, -0.1) is 0 Å². The van der Waals surface area contributed by atoms with Gasteiger partial charge in [-0.1, -0.05) is 6.07 Å². The molecule has 0 aliphatic carbocycles. The summed E-state index contributed by atoms with van der Waals surface area (Å²) < 4.78 is 25.4. The Labute approximate surface area is 222 Å². The molecular formula is C29H32FN5O3. The molecule has 1 amide bonds. The molecule has 2 aromatic carbocycles. The number of ether oxygens (including phenoxy) is 2. The van der Waals surface area contributed by atoms with E-state index in [2.05, 4.69) is 4.98 Å². The van der Waals surface area contributed by atoms with Gasteiger partial charge in [0.1, 0.15) is 23.9 Å². The number of hydrogen-bond acceptors (Lipinski definition) is 6. The van der Waals surface area contributed by atoms with Crippen LogP contribution in [0.5, 0.6) is 11.5 Å². The van der Waals surface area contributed by atoms with E-state index in [-0.39, 0.29) is 11.7 Å². The number of amides is 1. The van der Waals surface area contributed by atoms with Gasteiger partial charge in [-0.3, -0.25) is 15.2 Å². The summed E-state index contributed by atoms with van der Waals surface area (Å²) in [5, 5.41) is 7.34. The number of benzene rings is 2. The molecule has 38 heavy (non-hydrogen) atoms. The van der Waals surface area contributed by atoms with Gasteiger partial charge in [0.05, 0.1) is 37.8 Å². The number of pyridine rings is 1. The highest BCUT2D eigenvalue weighted by atomic mass is 19.1.